The first-order valence-electron chi connectivity index (χ1n) is 11.5. The van der Waals surface area contributed by atoms with Gasteiger partial charge >= 0.3 is 0 Å². The molecule has 4 heterocycles. The lowest BCUT2D eigenvalue weighted by atomic mass is 9.96. The van der Waals surface area contributed by atoms with Crippen LogP contribution in [0, 0.1) is 18.7 Å². The number of aryl methyl sites for hydroxylation is 1. The van der Waals surface area contributed by atoms with Crippen LogP contribution in [-0.2, 0) is 9.53 Å². The Bertz CT molecular complexity index is 1110. The number of rotatable bonds is 8. The van der Waals surface area contributed by atoms with Crippen LogP contribution in [0.3, 0.4) is 0 Å². The summed E-state index contributed by atoms with van der Waals surface area (Å²) in [5.74, 6) is 0.637. The van der Waals surface area contributed by atoms with Crippen LogP contribution >= 0.6 is 0 Å². The molecule has 1 N–H and O–H groups in total. The number of hydrogen-bond acceptors (Lipinski definition) is 6. The highest BCUT2D eigenvalue weighted by molar-refractivity contribution is 5.94. The van der Waals surface area contributed by atoms with Crippen molar-refractivity contribution in [2.24, 2.45) is 5.92 Å². The van der Waals surface area contributed by atoms with Crippen LogP contribution in [0.1, 0.15) is 44.6 Å². The van der Waals surface area contributed by atoms with Gasteiger partial charge < -0.3 is 9.84 Å². The van der Waals surface area contributed by atoms with Gasteiger partial charge in [0.2, 0.25) is 5.91 Å². The first-order valence-corrected chi connectivity index (χ1v) is 11.5. The van der Waals surface area contributed by atoms with E-state index >= 15 is 0 Å². The molecule has 33 heavy (non-hydrogen) atoms. The molecule has 1 atom stereocenters. The summed E-state index contributed by atoms with van der Waals surface area (Å²) >= 11 is 0. The van der Waals surface area contributed by atoms with Crippen molar-refractivity contribution in [3.8, 4) is 11.5 Å². The number of fused-ring (bicyclic) bond motifs is 1. The smallest absolute Gasteiger partial charge is 0.228 e. The van der Waals surface area contributed by atoms with Crippen molar-refractivity contribution in [3.05, 3.63) is 42.1 Å². The number of aliphatic hydroxyl groups excluding tert-OH is 1. The average Bonchev–Trinajstić information content (AvgIpc) is 3.24. The number of aromatic nitrogens is 4. The Kier molecular flexibility index (Phi) is 7.29. The van der Waals surface area contributed by atoms with Gasteiger partial charge in [-0.3, -0.25) is 14.1 Å². The maximum Gasteiger partial charge on any atom is 0.228 e. The monoisotopic (exact) mass is 455 g/mol. The number of amides is 1. The van der Waals surface area contributed by atoms with Crippen LogP contribution in [0.5, 0.6) is 0 Å². The van der Waals surface area contributed by atoms with Crippen LogP contribution in [0.15, 0.2) is 30.7 Å². The van der Waals surface area contributed by atoms with Crippen LogP contribution in [-0.4, -0.2) is 56.2 Å². The predicted octanol–water partition coefficient (Wildman–Crippen LogP) is 3.55. The van der Waals surface area contributed by atoms with E-state index in [0.717, 1.165) is 24.8 Å². The number of carbonyl (C=O) groups excluding carboxylic acids is 1. The maximum absolute atomic E-state index is 13.9. The molecular formula is C24H30FN5O3. The molecular weight excluding hydrogens is 425 g/mol. The minimum atomic E-state index is -0.386. The van der Waals surface area contributed by atoms with Crippen LogP contribution in [0.2, 0.25) is 0 Å². The SMILES string of the molecule is CCC(CCO)CC(=O)N(c1nc(-c2cnc3ccc(F)cn23)ncc1C)C1CCOCC1. The lowest BCUT2D eigenvalue weighted by Gasteiger charge is -2.35. The van der Waals surface area contributed by atoms with Gasteiger partial charge in [0.05, 0.1) is 6.20 Å². The molecule has 0 radical (unpaired) electrons. The Hall–Kier alpha value is -2.91. The zero-order chi connectivity index (χ0) is 23.4. The molecule has 1 aliphatic heterocycles. The van der Waals surface area contributed by atoms with E-state index < -0.39 is 0 Å². The molecule has 1 amide bonds. The highest BCUT2D eigenvalue weighted by Crippen LogP contribution is 2.29. The van der Waals surface area contributed by atoms with E-state index in [-0.39, 0.29) is 30.3 Å². The van der Waals surface area contributed by atoms with Gasteiger partial charge in [-0.1, -0.05) is 13.3 Å². The molecule has 1 saturated heterocycles. The summed E-state index contributed by atoms with van der Waals surface area (Å²) in [6.07, 6.45) is 7.85. The van der Waals surface area contributed by atoms with E-state index in [2.05, 4.69) is 9.97 Å². The lowest BCUT2D eigenvalue weighted by molar-refractivity contribution is -0.120. The first kappa shape index (κ1) is 23.3. The number of halogens is 1. The topological polar surface area (TPSA) is 92.8 Å². The second kappa shape index (κ2) is 10.4. The molecule has 0 aliphatic carbocycles. The molecule has 1 aliphatic rings. The number of pyridine rings is 1. The van der Waals surface area contributed by atoms with Gasteiger partial charge in [0, 0.05) is 50.2 Å². The molecule has 1 fully saturated rings. The molecule has 3 aromatic heterocycles. The molecule has 1 unspecified atom stereocenters. The normalized spacial score (nSPS) is 15.6. The molecule has 4 rings (SSSR count). The lowest BCUT2D eigenvalue weighted by Crippen LogP contribution is -2.45. The number of ether oxygens (including phenoxy) is 1. The minimum absolute atomic E-state index is 0.0147. The van der Waals surface area contributed by atoms with E-state index in [1.54, 1.807) is 27.8 Å². The molecule has 0 aromatic carbocycles. The molecule has 0 spiro atoms. The zero-order valence-corrected chi connectivity index (χ0v) is 19.1. The van der Waals surface area contributed by atoms with Gasteiger partial charge in [-0.2, -0.15) is 0 Å². The summed E-state index contributed by atoms with van der Waals surface area (Å²) in [4.78, 5) is 28.9. The molecule has 8 nitrogen and oxygen atoms in total. The fourth-order valence-corrected chi connectivity index (χ4v) is 4.34. The summed E-state index contributed by atoms with van der Waals surface area (Å²) in [5, 5.41) is 9.38. The highest BCUT2D eigenvalue weighted by atomic mass is 19.1. The Morgan fingerprint density at radius 3 is 2.82 bits per heavy atom. The summed E-state index contributed by atoms with van der Waals surface area (Å²) in [7, 11) is 0. The van der Waals surface area contributed by atoms with E-state index in [0.29, 0.717) is 49.0 Å². The van der Waals surface area contributed by atoms with Gasteiger partial charge in [-0.05, 0) is 44.2 Å². The largest absolute Gasteiger partial charge is 0.396 e. The summed E-state index contributed by atoms with van der Waals surface area (Å²) < 4.78 is 21.0. The molecule has 9 heteroatoms. The van der Waals surface area contributed by atoms with Gasteiger partial charge in [-0.25, -0.2) is 19.3 Å². The van der Waals surface area contributed by atoms with E-state index in [9.17, 15) is 14.3 Å². The van der Waals surface area contributed by atoms with E-state index in [1.165, 1.54) is 12.3 Å². The predicted molar refractivity (Wildman–Crippen MR) is 122 cm³/mol. The third-order valence-corrected chi connectivity index (χ3v) is 6.27. The fourth-order valence-electron chi connectivity index (χ4n) is 4.34. The minimum Gasteiger partial charge on any atom is -0.396 e. The Balaban J connectivity index is 1.74. The van der Waals surface area contributed by atoms with Crippen LogP contribution in [0.4, 0.5) is 10.2 Å². The van der Waals surface area contributed by atoms with Gasteiger partial charge in [0.25, 0.3) is 0 Å². The third-order valence-electron chi connectivity index (χ3n) is 6.27. The molecule has 3 aromatic rings. The van der Waals surface area contributed by atoms with Crippen molar-refractivity contribution in [2.75, 3.05) is 24.7 Å². The summed E-state index contributed by atoms with van der Waals surface area (Å²) in [6, 6.07) is 2.92. The second-order valence-corrected chi connectivity index (χ2v) is 8.52. The summed E-state index contributed by atoms with van der Waals surface area (Å²) in [5.41, 5.74) is 1.93. The second-order valence-electron chi connectivity index (χ2n) is 8.52. The number of hydrogen-bond donors (Lipinski definition) is 1. The maximum atomic E-state index is 13.9. The Labute approximate surface area is 192 Å². The Morgan fingerprint density at radius 1 is 1.30 bits per heavy atom. The Morgan fingerprint density at radius 2 is 2.09 bits per heavy atom. The van der Waals surface area contributed by atoms with E-state index in [1.807, 2.05) is 13.8 Å². The van der Waals surface area contributed by atoms with Crippen molar-refractivity contribution in [1.82, 2.24) is 19.4 Å². The third kappa shape index (κ3) is 5.04. The standard InChI is InChI=1S/C24H30FN5O3/c1-3-17(6-9-31)12-22(32)30(19-7-10-33-11-8-19)24-16(2)13-27-23(28-24)20-14-26-21-5-4-18(25)15-29(20)21/h4-5,13-15,17,19,31H,3,6-12H2,1-2H3. The number of carbonyl (C=O) groups is 1. The molecule has 0 saturated carbocycles. The quantitative estimate of drug-likeness (QED) is 0.558. The highest BCUT2D eigenvalue weighted by Gasteiger charge is 2.31. The van der Waals surface area contributed by atoms with Gasteiger partial charge in [0.1, 0.15) is 23.0 Å². The van der Waals surface area contributed by atoms with Crippen LogP contribution in [0.25, 0.3) is 17.2 Å². The zero-order valence-electron chi connectivity index (χ0n) is 19.1. The average molecular weight is 456 g/mol. The van der Waals surface area contributed by atoms with Gasteiger partial charge in [-0.15, -0.1) is 0 Å². The number of nitrogens with zero attached hydrogens (tertiary/aromatic N) is 5. The fraction of sp³-hybridized carbons (Fsp3) is 0.500. The number of anilines is 1. The first-order chi connectivity index (χ1) is 16.0. The van der Waals surface area contributed by atoms with Crippen molar-refractivity contribution >= 4 is 17.4 Å². The van der Waals surface area contributed by atoms with E-state index in [4.69, 9.17) is 9.72 Å². The molecule has 0 bridgehead atoms. The van der Waals surface area contributed by atoms with Crippen LogP contribution < -0.4 is 4.90 Å². The van der Waals surface area contributed by atoms with Crippen molar-refractivity contribution in [3.63, 3.8) is 0 Å². The van der Waals surface area contributed by atoms with Crippen molar-refractivity contribution in [2.45, 2.75) is 52.0 Å². The van der Waals surface area contributed by atoms with Crippen molar-refractivity contribution in [1.29, 1.82) is 0 Å². The molecule has 176 valence electrons. The summed E-state index contributed by atoms with van der Waals surface area (Å²) in [6.45, 7) is 5.16. The number of aliphatic hydroxyl groups is 1. The number of imidazole rings is 1. The van der Waals surface area contributed by atoms with Crippen molar-refractivity contribution < 1.29 is 19.0 Å². The van der Waals surface area contributed by atoms with Gasteiger partial charge in [0.15, 0.2) is 5.82 Å².